The van der Waals surface area contributed by atoms with Crippen molar-refractivity contribution in [1.29, 1.82) is 0 Å². The van der Waals surface area contributed by atoms with E-state index in [1.54, 1.807) is 0 Å². The van der Waals surface area contributed by atoms with E-state index in [-0.39, 0.29) is 11.8 Å². The zero-order valence-corrected chi connectivity index (χ0v) is 13.7. The molecule has 0 saturated heterocycles. The predicted molar refractivity (Wildman–Crippen MR) is 84.7 cm³/mol. The molecule has 3 heteroatoms. The molecule has 0 aliphatic carbocycles. The van der Waals surface area contributed by atoms with Crippen LogP contribution in [0.15, 0.2) is 30.3 Å². The third-order valence-electron chi connectivity index (χ3n) is 3.66. The Kier molecular flexibility index (Phi) is 7.14. The summed E-state index contributed by atoms with van der Waals surface area (Å²) in [6.45, 7) is 7.08. The molecule has 0 aromatic heterocycles. The third-order valence-corrected chi connectivity index (χ3v) is 4.02. The van der Waals surface area contributed by atoms with E-state index >= 15 is 0 Å². The van der Waals surface area contributed by atoms with Gasteiger partial charge in [0, 0.05) is 17.9 Å². The number of amides is 1. The van der Waals surface area contributed by atoms with Crippen molar-refractivity contribution in [2.24, 2.45) is 0 Å². The summed E-state index contributed by atoms with van der Waals surface area (Å²) in [4.78, 5) is 14.7. The van der Waals surface area contributed by atoms with Crippen molar-refractivity contribution in [3.63, 3.8) is 0 Å². The molecule has 0 bridgehead atoms. The minimum absolute atomic E-state index is 0.0687. The van der Waals surface area contributed by atoms with Gasteiger partial charge in [0.2, 0.25) is 5.91 Å². The average Bonchev–Trinajstić information content (AvgIpc) is 2.47. The van der Waals surface area contributed by atoms with Crippen LogP contribution in [0.5, 0.6) is 0 Å². The van der Waals surface area contributed by atoms with Gasteiger partial charge in [-0.15, -0.1) is 0 Å². The Morgan fingerprint density at radius 2 is 1.79 bits per heavy atom. The first-order chi connectivity index (χ1) is 9.15. The van der Waals surface area contributed by atoms with E-state index in [1.807, 2.05) is 42.2 Å². The van der Waals surface area contributed by atoms with Crippen LogP contribution >= 0.6 is 15.9 Å². The number of carbonyl (C=O) groups excluding carboxylic acids is 1. The lowest BCUT2D eigenvalue weighted by Crippen LogP contribution is -2.43. The standard InChI is InChI=1S/C16H24BrNO/c1-4-15(5-2)18(12-11-17)16(19)13(3)14-9-7-6-8-10-14/h6-10,13,15H,4-5,11-12H2,1-3H3. The number of carbonyl (C=O) groups is 1. The molecule has 1 aromatic carbocycles. The molecular formula is C16H24BrNO. The van der Waals surface area contributed by atoms with Crippen LogP contribution < -0.4 is 0 Å². The molecule has 1 aromatic rings. The Morgan fingerprint density at radius 1 is 1.21 bits per heavy atom. The second-order valence-corrected chi connectivity index (χ2v) is 5.62. The summed E-state index contributed by atoms with van der Waals surface area (Å²) < 4.78 is 0. The number of benzene rings is 1. The van der Waals surface area contributed by atoms with E-state index in [1.165, 1.54) is 0 Å². The van der Waals surface area contributed by atoms with Crippen LogP contribution in [-0.4, -0.2) is 28.7 Å². The monoisotopic (exact) mass is 325 g/mol. The highest BCUT2D eigenvalue weighted by Gasteiger charge is 2.25. The van der Waals surface area contributed by atoms with E-state index in [4.69, 9.17) is 0 Å². The lowest BCUT2D eigenvalue weighted by atomic mass is 9.98. The van der Waals surface area contributed by atoms with Crippen molar-refractivity contribution in [3.05, 3.63) is 35.9 Å². The number of halogens is 1. The molecule has 1 amide bonds. The van der Waals surface area contributed by atoms with Crippen molar-refractivity contribution in [1.82, 2.24) is 4.90 Å². The quantitative estimate of drug-likeness (QED) is 0.688. The van der Waals surface area contributed by atoms with Gasteiger partial charge in [-0.25, -0.2) is 0 Å². The molecule has 0 aliphatic heterocycles. The fourth-order valence-corrected chi connectivity index (χ4v) is 2.81. The molecular weight excluding hydrogens is 302 g/mol. The number of hydrogen-bond acceptors (Lipinski definition) is 1. The maximum Gasteiger partial charge on any atom is 0.230 e. The van der Waals surface area contributed by atoms with Crippen LogP contribution in [0.2, 0.25) is 0 Å². The van der Waals surface area contributed by atoms with Crippen LogP contribution in [0.4, 0.5) is 0 Å². The molecule has 1 atom stereocenters. The molecule has 0 radical (unpaired) electrons. The normalized spacial score (nSPS) is 12.5. The van der Waals surface area contributed by atoms with Crippen molar-refractivity contribution in [2.45, 2.75) is 45.6 Å². The minimum atomic E-state index is -0.0687. The first-order valence-electron chi connectivity index (χ1n) is 7.07. The molecule has 0 N–H and O–H groups in total. The van der Waals surface area contributed by atoms with Gasteiger partial charge in [-0.3, -0.25) is 4.79 Å². The van der Waals surface area contributed by atoms with E-state index < -0.39 is 0 Å². The number of rotatable bonds is 7. The fraction of sp³-hybridized carbons (Fsp3) is 0.562. The van der Waals surface area contributed by atoms with Gasteiger partial charge in [-0.1, -0.05) is 60.1 Å². The summed E-state index contributed by atoms with van der Waals surface area (Å²) in [7, 11) is 0. The highest BCUT2D eigenvalue weighted by atomic mass is 79.9. The molecule has 0 heterocycles. The summed E-state index contributed by atoms with van der Waals surface area (Å²) in [6, 6.07) is 10.4. The highest BCUT2D eigenvalue weighted by molar-refractivity contribution is 9.09. The number of nitrogens with zero attached hydrogens (tertiary/aromatic N) is 1. The first kappa shape index (κ1) is 16.2. The second kappa shape index (κ2) is 8.36. The Labute approximate surface area is 125 Å². The fourth-order valence-electron chi connectivity index (χ4n) is 2.43. The molecule has 19 heavy (non-hydrogen) atoms. The molecule has 0 aliphatic rings. The molecule has 2 nitrogen and oxygen atoms in total. The summed E-state index contributed by atoms with van der Waals surface area (Å²) in [5.74, 6) is 0.167. The molecule has 0 fully saturated rings. The van der Waals surface area contributed by atoms with Gasteiger partial charge in [-0.05, 0) is 25.3 Å². The Balaban J connectivity index is 2.87. The van der Waals surface area contributed by atoms with E-state index in [9.17, 15) is 4.79 Å². The third kappa shape index (κ3) is 4.34. The summed E-state index contributed by atoms with van der Waals surface area (Å²) >= 11 is 3.46. The lowest BCUT2D eigenvalue weighted by molar-refractivity contribution is -0.134. The smallest absolute Gasteiger partial charge is 0.230 e. The van der Waals surface area contributed by atoms with Crippen LogP contribution in [-0.2, 0) is 4.79 Å². The topological polar surface area (TPSA) is 20.3 Å². The van der Waals surface area contributed by atoms with E-state index in [2.05, 4.69) is 29.8 Å². The van der Waals surface area contributed by atoms with Crippen LogP contribution in [0.3, 0.4) is 0 Å². The Morgan fingerprint density at radius 3 is 2.26 bits per heavy atom. The SMILES string of the molecule is CCC(CC)N(CCBr)C(=O)C(C)c1ccccc1. The zero-order chi connectivity index (χ0) is 14.3. The average molecular weight is 326 g/mol. The molecule has 0 spiro atoms. The second-order valence-electron chi connectivity index (χ2n) is 4.82. The zero-order valence-electron chi connectivity index (χ0n) is 12.1. The highest BCUT2D eigenvalue weighted by Crippen LogP contribution is 2.21. The summed E-state index contributed by atoms with van der Waals surface area (Å²) in [5.41, 5.74) is 1.10. The molecule has 0 saturated carbocycles. The summed E-state index contributed by atoms with van der Waals surface area (Å²) in [5, 5.41) is 0.830. The van der Waals surface area contributed by atoms with E-state index in [0.717, 1.165) is 30.3 Å². The van der Waals surface area contributed by atoms with E-state index in [0.29, 0.717) is 6.04 Å². The maximum absolute atomic E-state index is 12.7. The Hall–Kier alpha value is -0.830. The maximum atomic E-state index is 12.7. The summed E-state index contributed by atoms with van der Waals surface area (Å²) in [6.07, 6.45) is 2.02. The van der Waals surface area contributed by atoms with Gasteiger partial charge >= 0.3 is 0 Å². The van der Waals surface area contributed by atoms with Crippen LogP contribution in [0.1, 0.15) is 45.1 Å². The van der Waals surface area contributed by atoms with Crippen LogP contribution in [0, 0.1) is 0 Å². The van der Waals surface area contributed by atoms with Gasteiger partial charge in [0.1, 0.15) is 0 Å². The minimum Gasteiger partial charge on any atom is -0.338 e. The van der Waals surface area contributed by atoms with Crippen LogP contribution in [0.25, 0.3) is 0 Å². The lowest BCUT2D eigenvalue weighted by Gasteiger charge is -2.32. The molecule has 106 valence electrons. The largest absolute Gasteiger partial charge is 0.338 e. The van der Waals surface area contributed by atoms with Crippen molar-refractivity contribution in [3.8, 4) is 0 Å². The number of alkyl halides is 1. The Bertz CT molecular complexity index is 376. The van der Waals surface area contributed by atoms with Gasteiger partial charge in [0.25, 0.3) is 0 Å². The molecule has 1 rings (SSSR count). The van der Waals surface area contributed by atoms with Gasteiger partial charge in [0.05, 0.1) is 5.92 Å². The molecule has 1 unspecified atom stereocenters. The van der Waals surface area contributed by atoms with Crippen molar-refractivity contribution < 1.29 is 4.79 Å². The number of hydrogen-bond donors (Lipinski definition) is 0. The first-order valence-corrected chi connectivity index (χ1v) is 8.19. The van der Waals surface area contributed by atoms with Crippen molar-refractivity contribution >= 4 is 21.8 Å². The van der Waals surface area contributed by atoms with Gasteiger partial charge < -0.3 is 4.90 Å². The van der Waals surface area contributed by atoms with Gasteiger partial charge in [-0.2, -0.15) is 0 Å². The van der Waals surface area contributed by atoms with Gasteiger partial charge in [0.15, 0.2) is 0 Å². The predicted octanol–water partition coefficient (Wildman–Crippen LogP) is 4.20. The van der Waals surface area contributed by atoms with Crippen molar-refractivity contribution in [2.75, 3.05) is 11.9 Å².